The van der Waals surface area contributed by atoms with Crippen molar-refractivity contribution in [3.63, 3.8) is 0 Å². The van der Waals surface area contributed by atoms with Crippen LogP contribution >= 0.6 is 0 Å². The largest absolute Gasteiger partial charge is 0.349 e. The molecule has 5 rings (SSSR count). The zero-order chi connectivity index (χ0) is 20.9. The molecule has 0 unspecified atom stereocenters. The van der Waals surface area contributed by atoms with E-state index in [4.69, 9.17) is 0 Å². The zero-order valence-corrected chi connectivity index (χ0v) is 18.1. The highest BCUT2D eigenvalue weighted by Crippen LogP contribution is 2.49. The molecular weight excluding hydrogens is 396 g/mol. The maximum atomic E-state index is 13.3. The lowest BCUT2D eigenvalue weighted by Crippen LogP contribution is -2.40. The molecule has 0 saturated heterocycles. The fourth-order valence-electron chi connectivity index (χ4n) is 5.79. The van der Waals surface area contributed by atoms with Gasteiger partial charge < -0.3 is 5.32 Å². The third kappa shape index (κ3) is 3.31. The first-order valence-electron chi connectivity index (χ1n) is 10.9. The van der Waals surface area contributed by atoms with Crippen molar-refractivity contribution < 1.29 is 13.2 Å². The second-order valence-electron chi connectivity index (χ2n) is 9.08. The number of sulfonamides is 1. The van der Waals surface area contributed by atoms with Crippen molar-refractivity contribution in [1.29, 1.82) is 0 Å². The zero-order valence-electron chi connectivity index (χ0n) is 17.3. The number of nitrogens with zero attached hydrogens (tertiary/aromatic N) is 1. The maximum Gasteiger partial charge on any atom is 0.264 e. The molecule has 6 heteroatoms. The molecule has 4 atom stereocenters. The van der Waals surface area contributed by atoms with Gasteiger partial charge in [0.2, 0.25) is 0 Å². The number of rotatable bonds is 5. The molecule has 30 heavy (non-hydrogen) atoms. The highest BCUT2D eigenvalue weighted by atomic mass is 32.2. The quantitative estimate of drug-likeness (QED) is 0.789. The van der Waals surface area contributed by atoms with E-state index in [1.54, 1.807) is 18.2 Å². The topological polar surface area (TPSA) is 66.5 Å². The summed E-state index contributed by atoms with van der Waals surface area (Å²) in [4.78, 5) is 13.1. The number of anilines is 1. The number of hydrogen-bond acceptors (Lipinski definition) is 3. The first-order valence-corrected chi connectivity index (χ1v) is 12.4. The minimum absolute atomic E-state index is 0.110. The molecule has 2 aromatic rings. The summed E-state index contributed by atoms with van der Waals surface area (Å²) in [5.74, 6) is 1.91. The Labute approximate surface area is 178 Å². The van der Waals surface area contributed by atoms with E-state index < -0.39 is 10.0 Å². The lowest BCUT2D eigenvalue weighted by atomic mass is 9.84. The Balaban J connectivity index is 1.34. The summed E-state index contributed by atoms with van der Waals surface area (Å²) < 4.78 is 28.0. The van der Waals surface area contributed by atoms with Gasteiger partial charge in [-0.2, -0.15) is 0 Å². The molecule has 3 aliphatic rings. The lowest BCUT2D eigenvalue weighted by Gasteiger charge is -2.28. The smallest absolute Gasteiger partial charge is 0.264 e. The van der Waals surface area contributed by atoms with E-state index in [9.17, 15) is 13.2 Å². The Morgan fingerprint density at radius 3 is 2.70 bits per heavy atom. The fourth-order valence-corrected chi connectivity index (χ4v) is 7.34. The predicted octanol–water partition coefficient (Wildman–Crippen LogP) is 3.99. The van der Waals surface area contributed by atoms with Crippen LogP contribution in [0.1, 0.15) is 48.5 Å². The third-order valence-corrected chi connectivity index (χ3v) is 9.13. The summed E-state index contributed by atoms with van der Waals surface area (Å²) in [5, 5.41) is 3.14. The molecule has 1 aliphatic heterocycles. The molecule has 2 saturated carbocycles. The molecule has 1 heterocycles. The van der Waals surface area contributed by atoms with E-state index in [-0.39, 0.29) is 16.8 Å². The van der Waals surface area contributed by atoms with Crippen LogP contribution in [0.5, 0.6) is 0 Å². The second kappa shape index (κ2) is 7.41. The van der Waals surface area contributed by atoms with Crippen LogP contribution in [0.2, 0.25) is 0 Å². The highest BCUT2D eigenvalue weighted by molar-refractivity contribution is 7.92. The van der Waals surface area contributed by atoms with Crippen LogP contribution in [0, 0.1) is 17.8 Å². The second-order valence-corrected chi connectivity index (χ2v) is 10.9. The number of carbonyl (C=O) groups excluding carboxylic acids is 1. The fraction of sp³-hybridized carbons (Fsp3) is 0.458. The van der Waals surface area contributed by atoms with Crippen molar-refractivity contribution in [3.8, 4) is 0 Å². The maximum absolute atomic E-state index is 13.3. The molecular formula is C24H28N2O3S. The van der Waals surface area contributed by atoms with Crippen molar-refractivity contribution in [1.82, 2.24) is 5.32 Å². The van der Waals surface area contributed by atoms with Gasteiger partial charge in [-0.15, -0.1) is 0 Å². The first-order chi connectivity index (χ1) is 14.4. The molecule has 5 nitrogen and oxygen atoms in total. The Hall–Kier alpha value is -2.34. The minimum atomic E-state index is -3.71. The molecule has 0 radical (unpaired) electrons. The van der Waals surface area contributed by atoms with Crippen molar-refractivity contribution in [2.24, 2.45) is 17.8 Å². The SMILES string of the molecule is C[C@@H](NC(=O)c1cccc(S(=O)(=O)N2CCc3ccccc32)c1)[C@@H]1C[C@H]2CC[C@H]1C2. The molecule has 2 aliphatic carbocycles. The molecule has 2 aromatic carbocycles. The third-order valence-electron chi connectivity index (χ3n) is 7.32. The van der Waals surface area contributed by atoms with E-state index in [1.165, 1.54) is 36.1 Å². The molecule has 158 valence electrons. The molecule has 1 amide bonds. The Morgan fingerprint density at radius 1 is 1.10 bits per heavy atom. The van der Waals surface area contributed by atoms with Gasteiger partial charge in [-0.25, -0.2) is 8.42 Å². The van der Waals surface area contributed by atoms with Gasteiger partial charge in [-0.05, 0) is 80.2 Å². The number of amides is 1. The predicted molar refractivity (Wildman–Crippen MR) is 117 cm³/mol. The summed E-state index contributed by atoms with van der Waals surface area (Å²) in [6, 6.07) is 14.1. The van der Waals surface area contributed by atoms with Gasteiger partial charge >= 0.3 is 0 Å². The molecule has 2 fully saturated rings. The average Bonchev–Trinajstić information content (AvgIpc) is 3.49. The van der Waals surface area contributed by atoms with Crippen LogP contribution < -0.4 is 9.62 Å². The monoisotopic (exact) mass is 424 g/mol. The van der Waals surface area contributed by atoms with Gasteiger partial charge in [-0.3, -0.25) is 9.10 Å². The Kier molecular flexibility index (Phi) is 4.85. The Bertz CT molecular complexity index is 1080. The normalized spacial score (nSPS) is 25.9. The van der Waals surface area contributed by atoms with Gasteiger partial charge in [0, 0.05) is 18.2 Å². The highest BCUT2D eigenvalue weighted by Gasteiger charge is 2.42. The summed E-state index contributed by atoms with van der Waals surface area (Å²) in [6.45, 7) is 2.52. The van der Waals surface area contributed by atoms with Crippen molar-refractivity contribution in [3.05, 3.63) is 59.7 Å². The van der Waals surface area contributed by atoms with E-state index in [2.05, 4.69) is 12.2 Å². The van der Waals surface area contributed by atoms with Gasteiger partial charge in [0.25, 0.3) is 15.9 Å². The summed E-state index contributed by atoms with van der Waals surface area (Å²) in [6.07, 6.45) is 5.82. The average molecular weight is 425 g/mol. The minimum Gasteiger partial charge on any atom is -0.349 e. The van der Waals surface area contributed by atoms with Crippen molar-refractivity contribution >= 4 is 21.6 Å². The summed E-state index contributed by atoms with van der Waals surface area (Å²) in [5.41, 5.74) is 2.17. The van der Waals surface area contributed by atoms with Crippen LogP contribution in [-0.4, -0.2) is 26.9 Å². The molecule has 2 bridgehead atoms. The van der Waals surface area contributed by atoms with E-state index in [0.29, 0.717) is 24.4 Å². The van der Waals surface area contributed by atoms with Gasteiger partial charge in [0.1, 0.15) is 0 Å². The van der Waals surface area contributed by atoms with E-state index >= 15 is 0 Å². The van der Waals surface area contributed by atoms with Crippen LogP contribution in [0.25, 0.3) is 0 Å². The number of benzene rings is 2. The van der Waals surface area contributed by atoms with Crippen molar-refractivity contribution in [2.75, 3.05) is 10.8 Å². The van der Waals surface area contributed by atoms with Gasteiger partial charge in [0.15, 0.2) is 0 Å². The van der Waals surface area contributed by atoms with Crippen LogP contribution in [0.4, 0.5) is 5.69 Å². The van der Waals surface area contributed by atoms with Crippen molar-refractivity contribution in [2.45, 2.75) is 50.0 Å². The summed E-state index contributed by atoms with van der Waals surface area (Å²) >= 11 is 0. The van der Waals surface area contributed by atoms with E-state index in [1.807, 2.05) is 24.3 Å². The molecule has 0 aromatic heterocycles. The number of fused-ring (bicyclic) bond motifs is 3. The van der Waals surface area contributed by atoms with Crippen LogP contribution in [-0.2, 0) is 16.4 Å². The first kappa shape index (κ1) is 19.6. The molecule has 1 N–H and O–H groups in total. The van der Waals surface area contributed by atoms with Gasteiger partial charge in [-0.1, -0.05) is 30.7 Å². The standard InChI is InChI=1S/C24H28N2O3S/c1-16(22-14-17-9-10-19(22)13-17)25-24(27)20-6-4-7-21(15-20)30(28,29)26-12-11-18-5-2-3-8-23(18)26/h2-8,15-17,19,22H,9-14H2,1H3,(H,25,27)/t16-,17+,19+,22+/m1/s1. The summed E-state index contributed by atoms with van der Waals surface area (Å²) in [7, 11) is -3.71. The van der Waals surface area contributed by atoms with Crippen LogP contribution in [0.3, 0.4) is 0 Å². The Morgan fingerprint density at radius 2 is 1.93 bits per heavy atom. The number of carbonyl (C=O) groups is 1. The lowest BCUT2D eigenvalue weighted by molar-refractivity contribution is 0.0915. The molecule has 0 spiro atoms. The number of nitrogens with one attached hydrogen (secondary N) is 1. The number of para-hydroxylation sites is 1. The number of hydrogen-bond donors (Lipinski definition) is 1. The van der Waals surface area contributed by atoms with Gasteiger partial charge in [0.05, 0.1) is 10.6 Å². The van der Waals surface area contributed by atoms with E-state index in [0.717, 1.165) is 23.1 Å². The van der Waals surface area contributed by atoms with Crippen LogP contribution in [0.15, 0.2) is 53.4 Å².